The maximum atomic E-state index is 12.3. The Morgan fingerprint density at radius 2 is 2.00 bits per heavy atom. The molecule has 2 rings (SSSR count). The molecule has 1 fully saturated rings. The predicted molar refractivity (Wildman–Crippen MR) is 62.0 cm³/mol. The van der Waals surface area contributed by atoms with Crippen LogP contribution in [0.3, 0.4) is 0 Å². The maximum absolute atomic E-state index is 12.3. The van der Waals surface area contributed by atoms with Crippen molar-refractivity contribution in [2.45, 2.75) is 32.3 Å². The molecule has 1 aliphatic rings. The summed E-state index contributed by atoms with van der Waals surface area (Å²) in [5.41, 5.74) is 0.881. The molecule has 0 N–H and O–H groups in total. The summed E-state index contributed by atoms with van der Waals surface area (Å²) in [6.07, 6.45) is 3.07. The molecule has 2 nitrogen and oxygen atoms in total. The average Bonchev–Trinajstić information content (AvgIpc) is 2.27. The Bertz CT molecular complexity index is 372. The quantitative estimate of drug-likeness (QED) is 0.563. The van der Waals surface area contributed by atoms with Crippen LogP contribution in [0.5, 0.6) is 0 Å². The third kappa shape index (κ3) is 3.51. The molecule has 0 amide bonds. The lowest BCUT2D eigenvalue weighted by Crippen LogP contribution is -2.11. The van der Waals surface area contributed by atoms with Gasteiger partial charge in [0.15, 0.2) is 0 Å². The van der Waals surface area contributed by atoms with E-state index in [9.17, 15) is 8.78 Å². The fourth-order valence-corrected chi connectivity index (χ4v) is 1.59. The van der Waals surface area contributed by atoms with E-state index >= 15 is 0 Å². The number of alkyl halides is 2. The summed E-state index contributed by atoms with van der Waals surface area (Å²) in [7, 11) is 0. The summed E-state index contributed by atoms with van der Waals surface area (Å²) in [6.45, 7) is 0.326. The van der Waals surface area contributed by atoms with E-state index in [1.54, 1.807) is 12.1 Å². The van der Waals surface area contributed by atoms with Gasteiger partial charge in [-0.05, 0) is 24.3 Å². The van der Waals surface area contributed by atoms with Crippen LogP contribution in [0.4, 0.5) is 8.78 Å². The van der Waals surface area contributed by atoms with Crippen molar-refractivity contribution in [3.05, 3.63) is 35.4 Å². The first-order valence-electron chi connectivity index (χ1n) is 5.78. The lowest BCUT2D eigenvalue weighted by atomic mass is 9.87. The Labute approximate surface area is 99.3 Å². The monoisotopic (exact) mass is 239 g/mol. The molecule has 1 saturated carbocycles. The first-order chi connectivity index (χ1) is 8.25. The summed E-state index contributed by atoms with van der Waals surface area (Å²) in [6, 6.07) is 6.11. The zero-order chi connectivity index (χ0) is 12.1. The Kier molecular flexibility index (Phi) is 4.07. The first-order valence-corrected chi connectivity index (χ1v) is 5.78. The molecule has 17 heavy (non-hydrogen) atoms. The van der Waals surface area contributed by atoms with E-state index in [0.29, 0.717) is 12.5 Å². The Morgan fingerprint density at radius 3 is 2.53 bits per heavy atom. The second kappa shape index (κ2) is 5.75. The minimum absolute atomic E-state index is 0.0340. The second-order valence-electron chi connectivity index (χ2n) is 4.26. The van der Waals surface area contributed by atoms with Crippen LogP contribution in [-0.2, 0) is 11.4 Å². The van der Waals surface area contributed by atoms with Gasteiger partial charge in [-0.2, -0.15) is 0 Å². The Morgan fingerprint density at radius 1 is 1.29 bits per heavy atom. The molecule has 0 unspecified atom stereocenters. The highest BCUT2D eigenvalue weighted by Gasteiger charge is 2.14. The number of hydrogen-bond acceptors (Lipinski definition) is 2. The van der Waals surface area contributed by atoms with E-state index in [0.717, 1.165) is 5.56 Å². The highest BCUT2D eigenvalue weighted by molar-refractivity contribution is 5.60. The van der Waals surface area contributed by atoms with Crippen molar-refractivity contribution in [2.75, 3.05) is 0 Å². The van der Waals surface area contributed by atoms with Crippen LogP contribution < -0.4 is 0 Å². The van der Waals surface area contributed by atoms with E-state index in [1.807, 2.05) is 6.21 Å². The van der Waals surface area contributed by atoms with Crippen LogP contribution in [-0.4, -0.2) is 6.21 Å². The van der Waals surface area contributed by atoms with Gasteiger partial charge in [0, 0.05) is 11.8 Å². The van der Waals surface area contributed by atoms with Gasteiger partial charge in [-0.1, -0.05) is 35.8 Å². The molecular formula is C13H15F2NO. The summed E-state index contributed by atoms with van der Waals surface area (Å²) >= 11 is 0. The topological polar surface area (TPSA) is 21.6 Å². The maximum Gasteiger partial charge on any atom is 0.263 e. The third-order valence-corrected chi connectivity index (χ3v) is 2.96. The van der Waals surface area contributed by atoms with Crippen molar-refractivity contribution in [1.29, 1.82) is 0 Å². The van der Waals surface area contributed by atoms with Gasteiger partial charge in [0.2, 0.25) is 0 Å². The Balaban J connectivity index is 1.76. The molecule has 1 aliphatic carbocycles. The second-order valence-corrected chi connectivity index (χ2v) is 4.26. The van der Waals surface area contributed by atoms with Crippen LogP contribution in [0.15, 0.2) is 29.4 Å². The number of halogens is 2. The summed E-state index contributed by atoms with van der Waals surface area (Å²) in [4.78, 5) is 5.11. The molecule has 4 heteroatoms. The fourth-order valence-electron chi connectivity index (χ4n) is 1.59. The third-order valence-electron chi connectivity index (χ3n) is 2.96. The Hall–Kier alpha value is -1.45. The molecule has 0 aliphatic heterocycles. The van der Waals surface area contributed by atoms with Crippen molar-refractivity contribution < 1.29 is 13.6 Å². The molecule has 0 radical (unpaired) electrons. The van der Waals surface area contributed by atoms with Gasteiger partial charge in [0.05, 0.1) is 0 Å². The van der Waals surface area contributed by atoms with Crippen LogP contribution in [0.1, 0.15) is 36.8 Å². The molecule has 92 valence electrons. The van der Waals surface area contributed by atoms with Gasteiger partial charge >= 0.3 is 0 Å². The normalized spacial score (nSPS) is 16.4. The van der Waals surface area contributed by atoms with E-state index in [4.69, 9.17) is 4.84 Å². The van der Waals surface area contributed by atoms with Crippen LogP contribution in [0, 0.1) is 5.92 Å². The van der Waals surface area contributed by atoms with Gasteiger partial charge in [0.25, 0.3) is 6.43 Å². The van der Waals surface area contributed by atoms with Gasteiger partial charge in [0.1, 0.15) is 6.61 Å². The van der Waals surface area contributed by atoms with E-state index in [1.165, 1.54) is 31.4 Å². The average molecular weight is 239 g/mol. The van der Waals surface area contributed by atoms with Gasteiger partial charge in [-0.3, -0.25) is 0 Å². The molecule has 0 bridgehead atoms. The van der Waals surface area contributed by atoms with Crippen molar-refractivity contribution in [3.8, 4) is 0 Å². The van der Waals surface area contributed by atoms with Crippen LogP contribution >= 0.6 is 0 Å². The fraction of sp³-hybridized carbons (Fsp3) is 0.462. The van der Waals surface area contributed by atoms with Crippen LogP contribution in [0.25, 0.3) is 0 Å². The van der Waals surface area contributed by atoms with Gasteiger partial charge in [-0.25, -0.2) is 8.78 Å². The standard InChI is InChI=1S/C13H15F2NO/c14-13(15)12-6-4-11(5-7-12)9-17-16-8-10-2-1-3-10/h4-8,10,13H,1-3,9H2. The number of rotatable bonds is 5. The SMILES string of the molecule is FC(F)c1ccc(CON=CC2CCC2)cc1. The van der Waals surface area contributed by atoms with Crippen molar-refractivity contribution in [2.24, 2.45) is 11.1 Å². The molecular weight excluding hydrogens is 224 g/mol. The minimum Gasteiger partial charge on any atom is -0.391 e. The molecule has 0 heterocycles. The van der Waals surface area contributed by atoms with E-state index < -0.39 is 6.43 Å². The van der Waals surface area contributed by atoms with E-state index in [-0.39, 0.29) is 5.56 Å². The molecule has 0 saturated heterocycles. The smallest absolute Gasteiger partial charge is 0.263 e. The highest BCUT2D eigenvalue weighted by atomic mass is 19.3. The number of hydrogen-bond donors (Lipinski definition) is 0. The summed E-state index contributed by atoms with van der Waals surface area (Å²) < 4.78 is 24.6. The molecule has 0 spiro atoms. The lowest BCUT2D eigenvalue weighted by molar-refractivity contribution is 0.129. The van der Waals surface area contributed by atoms with Crippen molar-refractivity contribution >= 4 is 6.21 Å². The predicted octanol–water partition coefficient (Wildman–Crippen LogP) is 3.93. The molecule has 1 aromatic carbocycles. The zero-order valence-corrected chi connectivity index (χ0v) is 9.48. The molecule has 1 aromatic rings. The van der Waals surface area contributed by atoms with Gasteiger partial charge in [-0.15, -0.1) is 0 Å². The molecule has 0 atom stereocenters. The summed E-state index contributed by atoms with van der Waals surface area (Å²) in [5.74, 6) is 0.566. The zero-order valence-electron chi connectivity index (χ0n) is 9.48. The number of benzene rings is 1. The number of nitrogens with zero attached hydrogens (tertiary/aromatic N) is 1. The van der Waals surface area contributed by atoms with Crippen molar-refractivity contribution in [1.82, 2.24) is 0 Å². The molecule has 0 aromatic heterocycles. The van der Waals surface area contributed by atoms with Gasteiger partial charge < -0.3 is 4.84 Å². The van der Waals surface area contributed by atoms with E-state index in [2.05, 4.69) is 5.16 Å². The number of oxime groups is 1. The van der Waals surface area contributed by atoms with Crippen molar-refractivity contribution in [3.63, 3.8) is 0 Å². The van der Waals surface area contributed by atoms with Crippen LogP contribution in [0.2, 0.25) is 0 Å². The highest BCUT2D eigenvalue weighted by Crippen LogP contribution is 2.24. The largest absolute Gasteiger partial charge is 0.391 e. The minimum atomic E-state index is -2.42. The first kappa shape index (κ1) is 12.0. The lowest BCUT2D eigenvalue weighted by Gasteiger charge is -2.19. The summed E-state index contributed by atoms with van der Waals surface area (Å²) in [5, 5.41) is 3.87.